The summed E-state index contributed by atoms with van der Waals surface area (Å²) in [7, 11) is 0. The van der Waals surface area contributed by atoms with Gasteiger partial charge < -0.3 is 0 Å². The Morgan fingerprint density at radius 1 is 0.462 bits per heavy atom. The van der Waals surface area contributed by atoms with Crippen LogP contribution in [0.1, 0.15) is 119 Å². The van der Waals surface area contributed by atoms with Gasteiger partial charge in [-0.05, 0) is 56.3 Å². The van der Waals surface area contributed by atoms with E-state index in [-0.39, 0.29) is 0 Å². The molecule has 0 fully saturated rings. The summed E-state index contributed by atoms with van der Waals surface area (Å²) in [5.41, 5.74) is 0. The highest BCUT2D eigenvalue weighted by molar-refractivity contribution is 6.06. The molecule has 0 amide bonds. The van der Waals surface area contributed by atoms with Crippen molar-refractivity contribution < 1.29 is 4.00 Å². The summed E-state index contributed by atoms with van der Waals surface area (Å²) in [5, 5.41) is 0. The van der Waals surface area contributed by atoms with Crippen molar-refractivity contribution in [2.45, 2.75) is 119 Å². The fourth-order valence-corrected chi connectivity index (χ4v) is 4.07. The third-order valence-electron chi connectivity index (χ3n) is 5.52. The van der Waals surface area contributed by atoms with Gasteiger partial charge in [0.1, 0.15) is 0 Å². The number of hydrogen-bond donors (Lipinski definition) is 0. The third-order valence-corrected chi connectivity index (χ3v) is 6.03. The first-order valence-corrected chi connectivity index (χ1v) is 12.1. The largest absolute Gasteiger partial charge is 0.222 e. The molecule has 0 saturated heterocycles. The monoisotopic (exact) mass is 388 g/mol. The number of nitrogens with zero attached hydrogens (tertiary/aromatic N) is 1. The lowest BCUT2D eigenvalue weighted by Crippen LogP contribution is -2.41. The van der Waals surface area contributed by atoms with Crippen LogP contribution in [0, 0.1) is 17.8 Å². The van der Waals surface area contributed by atoms with Gasteiger partial charge in [-0.3, -0.25) is 0 Å². The van der Waals surface area contributed by atoms with Gasteiger partial charge in [0.15, 0.2) is 11.8 Å². The molecule has 0 aliphatic heterocycles. The molecule has 0 unspecified atom stereocenters. The van der Waals surface area contributed by atoms with E-state index in [1.807, 2.05) is 0 Å². The molecule has 0 aromatic heterocycles. The predicted molar refractivity (Wildman–Crippen MR) is 121 cm³/mol. The van der Waals surface area contributed by atoms with E-state index in [1.54, 1.807) is 0 Å². The summed E-state index contributed by atoms with van der Waals surface area (Å²) in [5.74, 6) is 2.52. The zero-order valence-corrected chi connectivity index (χ0v) is 19.9. The highest BCUT2D eigenvalue weighted by Gasteiger charge is 2.24. The predicted octanol–water partition coefficient (Wildman–Crippen LogP) is 8.61. The van der Waals surface area contributed by atoms with Crippen LogP contribution in [0.3, 0.4) is 0 Å². The Balaban J connectivity index is 4.14. The van der Waals surface area contributed by atoms with Crippen molar-refractivity contribution in [3.8, 4) is 0 Å². The molecular formula is C24H51ClN+. The van der Waals surface area contributed by atoms with Gasteiger partial charge >= 0.3 is 0 Å². The van der Waals surface area contributed by atoms with Crippen molar-refractivity contribution in [2.24, 2.45) is 17.8 Å². The molecule has 0 rings (SSSR count). The van der Waals surface area contributed by atoms with Crippen LogP contribution in [0.5, 0.6) is 0 Å². The maximum atomic E-state index is 7.10. The van der Waals surface area contributed by atoms with Crippen LogP contribution in [0.25, 0.3) is 0 Å². The van der Waals surface area contributed by atoms with Gasteiger partial charge in [-0.1, -0.05) is 80.1 Å². The summed E-state index contributed by atoms with van der Waals surface area (Å²) >= 11 is 7.10. The lowest BCUT2D eigenvalue weighted by atomic mass is 10.0. The zero-order chi connectivity index (χ0) is 19.8. The van der Waals surface area contributed by atoms with Crippen LogP contribution in [0.15, 0.2) is 0 Å². The molecule has 158 valence electrons. The molecule has 0 N–H and O–H groups in total. The van der Waals surface area contributed by atoms with Crippen molar-refractivity contribution in [3.63, 3.8) is 0 Å². The fraction of sp³-hybridized carbons (Fsp3) is 1.00. The minimum atomic E-state index is 0.811. The van der Waals surface area contributed by atoms with E-state index in [4.69, 9.17) is 11.8 Å². The van der Waals surface area contributed by atoms with E-state index in [0.29, 0.717) is 0 Å². The first kappa shape index (κ1) is 26.2. The summed E-state index contributed by atoms with van der Waals surface area (Å²) in [6.45, 7) is 17.5. The molecule has 0 bridgehead atoms. The van der Waals surface area contributed by atoms with Crippen LogP contribution >= 0.6 is 11.8 Å². The van der Waals surface area contributed by atoms with Crippen LogP contribution in [-0.2, 0) is 0 Å². The summed E-state index contributed by atoms with van der Waals surface area (Å²) in [6.07, 6.45) is 16.2. The summed E-state index contributed by atoms with van der Waals surface area (Å²) in [6, 6.07) is 0. The molecule has 0 spiro atoms. The van der Waals surface area contributed by atoms with E-state index in [2.05, 4.69) is 41.5 Å². The third kappa shape index (κ3) is 17.7. The smallest absolute Gasteiger partial charge is 0.165 e. The Bertz CT molecular complexity index is 253. The van der Waals surface area contributed by atoms with E-state index < -0.39 is 0 Å². The first-order valence-electron chi connectivity index (χ1n) is 11.8. The van der Waals surface area contributed by atoms with Crippen LogP contribution < -0.4 is 0 Å². The van der Waals surface area contributed by atoms with Gasteiger partial charge in [0, 0.05) is 0 Å². The number of halogens is 1. The average Bonchev–Trinajstić information content (AvgIpc) is 2.53. The Hall–Kier alpha value is 0.250. The highest BCUT2D eigenvalue weighted by Crippen LogP contribution is 2.21. The molecule has 0 aromatic rings. The van der Waals surface area contributed by atoms with Gasteiger partial charge in [-0.2, -0.15) is 0 Å². The molecule has 0 atom stereocenters. The average molecular weight is 389 g/mol. The molecule has 0 aliphatic rings. The normalized spacial score (nSPS) is 12.7. The molecule has 26 heavy (non-hydrogen) atoms. The van der Waals surface area contributed by atoms with E-state index in [0.717, 1.165) is 21.8 Å². The van der Waals surface area contributed by atoms with Crippen LogP contribution in [-0.4, -0.2) is 23.6 Å². The fourth-order valence-electron chi connectivity index (χ4n) is 3.71. The number of unbranched alkanes of at least 4 members (excludes halogenated alkanes) is 6. The number of rotatable bonds is 18. The van der Waals surface area contributed by atoms with Crippen molar-refractivity contribution in [1.29, 1.82) is 0 Å². The van der Waals surface area contributed by atoms with Crippen LogP contribution in [0.2, 0.25) is 0 Å². The number of hydrogen-bond acceptors (Lipinski definition) is 0. The topological polar surface area (TPSA) is 0 Å². The maximum Gasteiger partial charge on any atom is 0.165 e. The molecule has 0 aliphatic carbocycles. The lowest BCUT2D eigenvalue weighted by molar-refractivity contribution is -0.816. The summed E-state index contributed by atoms with van der Waals surface area (Å²) in [4.78, 5) is 0. The van der Waals surface area contributed by atoms with Crippen molar-refractivity contribution in [1.82, 2.24) is 0 Å². The maximum absolute atomic E-state index is 7.10. The highest BCUT2D eigenvalue weighted by atomic mass is 35.5. The molecule has 2 heteroatoms. The van der Waals surface area contributed by atoms with Gasteiger partial charge in [0.25, 0.3) is 0 Å². The SMILES string of the molecule is CC(C)CCCCC[N+](Cl)(CCCCCC(C)C)CCCCCC(C)C. The molecule has 0 radical (unpaired) electrons. The minimum Gasteiger partial charge on any atom is -0.222 e. The van der Waals surface area contributed by atoms with Crippen LogP contribution in [0.4, 0.5) is 0 Å². The Labute approximate surface area is 172 Å². The van der Waals surface area contributed by atoms with Crippen molar-refractivity contribution in [3.05, 3.63) is 0 Å². The van der Waals surface area contributed by atoms with Gasteiger partial charge in [-0.25, -0.2) is 4.00 Å². The lowest BCUT2D eigenvalue weighted by Gasteiger charge is -2.30. The zero-order valence-electron chi connectivity index (χ0n) is 19.2. The van der Waals surface area contributed by atoms with Gasteiger partial charge in [-0.15, -0.1) is 0 Å². The summed E-state index contributed by atoms with van der Waals surface area (Å²) < 4.78 is 0.811. The molecular weight excluding hydrogens is 338 g/mol. The number of quaternary nitrogens is 1. The van der Waals surface area contributed by atoms with Crippen molar-refractivity contribution >= 4 is 11.8 Å². The van der Waals surface area contributed by atoms with Gasteiger partial charge in [0.2, 0.25) is 0 Å². The van der Waals surface area contributed by atoms with E-state index in [9.17, 15) is 0 Å². The standard InChI is InChI=1S/C24H51ClN/c1-22(2)16-10-7-13-19-26(25,20-14-8-11-17-23(3)4)21-15-9-12-18-24(5)6/h22-24H,7-21H2,1-6H3/q+1. The second-order valence-corrected chi connectivity index (χ2v) is 10.6. The van der Waals surface area contributed by atoms with Gasteiger partial charge in [0.05, 0.1) is 19.6 Å². The second kappa shape index (κ2) is 16.2. The molecule has 0 saturated carbocycles. The Morgan fingerprint density at radius 3 is 0.962 bits per heavy atom. The Morgan fingerprint density at radius 2 is 0.731 bits per heavy atom. The quantitative estimate of drug-likeness (QED) is 0.163. The Kier molecular flexibility index (Phi) is 16.4. The molecule has 1 nitrogen and oxygen atoms in total. The van der Waals surface area contributed by atoms with Crippen molar-refractivity contribution in [2.75, 3.05) is 19.6 Å². The molecule has 0 aromatic carbocycles. The van der Waals surface area contributed by atoms with E-state index >= 15 is 0 Å². The second-order valence-electron chi connectivity index (χ2n) is 9.93. The minimum absolute atomic E-state index is 0.811. The molecule has 0 heterocycles. The van der Waals surface area contributed by atoms with E-state index in [1.165, 1.54) is 96.7 Å². The first-order chi connectivity index (χ1) is 12.2.